The summed E-state index contributed by atoms with van der Waals surface area (Å²) < 4.78 is 1.86. The van der Waals surface area contributed by atoms with E-state index in [4.69, 9.17) is 0 Å². The second-order valence-electron chi connectivity index (χ2n) is 7.36. The molecule has 30 heavy (non-hydrogen) atoms. The average molecular weight is 395 g/mol. The number of carbonyl (C=O) groups is 3. The molecule has 0 saturated heterocycles. The molecule has 0 spiro atoms. The fourth-order valence-corrected chi connectivity index (χ4v) is 3.83. The van der Waals surface area contributed by atoms with Gasteiger partial charge in [-0.2, -0.15) is 0 Å². The monoisotopic (exact) mass is 395 g/mol. The molecule has 6 nitrogen and oxygen atoms in total. The summed E-state index contributed by atoms with van der Waals surface area (Å²) in [6.45, 7) is 1.98. The number of benzene rings is 2. The molecule has 4 aromatic rings. The largest absolute Gasteiger partial charge is 0.325 e. The summed E-state index contributed by atoms with van der Waals surface area (Å²) in [6.07, 6.45) is 3.76. The number of hydrogen-bond acceptors (Lipinski definition) is 4. The van der Waals surface area contributed by atoms with Gasteiger partial charge in [-0.25, -0.2) is 4.98 Å². The molecule has 1 amide bonds. The van der Waals surface area contributed by atoms with Gasteiger partial charge in [0, 0.05) is 29.1 Å². The fraction of sp³-hybridized carbons (Fsp3) is 0.0833. The van der Waals surface area contributed by atoms with Crippen LogP contribution in [-0.2, 0) is 11.2 Å². The van der Waals surface area contributed by atoms with E-state index in [-0.39, 0.29) is 29.5 Å². The summed E-state index contributed by atoms with van der Waals surface area (Å²) in [5.41, 5.74) is 4.10. The second kappa shape index (κ2) is 6.77. The van der Waals surface area contributed by atoms with Crippen molar-refractivity contribution in [2.45, 2.75) is 13.3 Å². The Labute approximate surface area is 172 Å². The molecule has 0 bridgehead atoms. The lowest BCUT2D eigenvalue weighted by molar-refractivity contribution is -0.115. The van der Waals surface area contributed by atoms with Crippen LogP contribution in [0.1, 0.15) is 43.1 Å². The van der Waals surface area contributed by atoms with E-state index in [0.29, 0.717) is 28.1 Å². The quantitative estimate of drug-likeness (QED) is 0.506. The summed E-state index contributed by atoms with van der Waals surface area (Å²) in [7, 11) is 0. The molecule has 5 rings (SSSR count). The molecule has 2 heterocycles. The van der Waals surface area contributed by atoms with Gasteiger partial charge in [-0.3, -0.25) is 14.4 Å². The normalized spacial score (nSPS) is 12.6. The maximum atomic E-state index is 13.0. The molecule has 1 N–H and O–H groups in total. The highest BCUT2D eigenvalue weighted by Gasteiger charge is 2.31. The second-order valence-corrected chi connectivity index (χ2v) is 7.36. The topological polar surface area (TPSA) is 80.5 Å². The van der Waals surface area contributed by atoms with Crippen LogP contribution in [0.25, 0.3) is 5.65 Å². The van der Waals surface area contributed by atoms with Gasteiger partial charge in [0.2, 0.25) is 5.91 Å². The molecule has 0 saturated carbocycles. The maximum absolute atomic E-state index is 13.0. The van der Waals surface area contributed by atoms with Gasteiger partial charge in [-0.05, 0) is 30.7 Å². The van der Waals surface area contributed by atoms with Crippen molar-refractivity contribution < 1.29 is 14.4 Å². The van der Waals surface area contributed by atoms with Crippen LogP contribution in [0, 0.1) is 6.92 Å². The van der Waals surface area contributed by atoms with Crippen LogP contribution in [0.5, 0.6) is 0 Å². The smallest absolute Gasteiger partial charge is 0.230 e. The van der Waals surface area contributed by atoms with E-state index in [9.17, 15) is 14.4 Å². The number of ketones is 2. The highest BCUT2D eigenvalue weighted by Crippen LogP contribution is 2.32. The van der Waals surface area contributed by atoms with Gasteiger partial charge in [-0.1, -0.05) is 36.4 Å². The van der Waals surface area contributed by atoms with Crippen LogP contribution in [-0.4, -0.2) is 26.9 Å². The number of fused-ring (bicyclic) bond motifs is 3. The first-order chi connectivity index (χ1) is 14.5. The standard InChI is InChI=1S/C24H17N3O3/c1-14-9-10-27-13-15(25-20(27)11-14)12-21(28)26-19-8-4-7-18-22(19)24(30)17-6-3-2-5-16(17)23(18)29/h2-11,13H,12H2,1H3,(H,26,28). The first kappa shape index (κ1) is 18.0. The Hall–Kier alpha value is -4.06. The number of imidazole rings is 1. The summed E-state index contributed by atoms with van der Waals surface area (Å²) in [4.78, 5) is 43.0. The molecule has 6 heteroatoms. The minimum Gasteiger partial charge on any atom is -0.325 e. The number of aromatic nitrogens is 2. The van der Waals surface area contributed by atoms with Crippen molar-refractivity contribution in [3.8, 4) is 0 Å². The first-order valence-corrected chi connectivity index (χ1v) is 9.57. The number of nitrogens with zero attached hydrogens (tertiary/aromatic N) is 2. The van der Waals surface area contributed by atoms with Gasteiger partial charge >= 0.3 is 0 Å². The Balaban J connectivity index is 1.45. The van der Waals surface area contributed by atoms with Crippen LogP contribution in [0.2, 0.25) is 0 Å². The summed E-state index contributed by atoms with van der Waals surface area (Å²) in [5, 5.41) is 2.79. The van der Waals surface area contributed by atoms with Gasteiger partial charge in [-0.15, -0.1) is 0 Å². The molecule has 2 aromatic heterocycles. The Morgan fingerprint density at radius 2 is 1.70 bits per heavy atom. The Kier molecular flexibility index (Phi) is 4.06. The van der Waals surface area contributed by atoms with E-state index >= 15 is 0 Å². The maximum Gasteiger partial charge on any atom is 0.230 e. The number of amides is 1. The number of nitrogens with one attached hydrogen (secondary N) is 1. The van der Waals surface area contributed by atoms with Crippen LogP contribution < -0.4 is 5.32 Å². The van der Waals surface area contributed by atoms with Crippen molar-refractivity contribution in [2.75, 3.05) is 5.32 Å². The van der Waals surface area contributed by atoms with Crippen LogP contribution in [0.4, 0.5) is 5.69 Å². The van der Waals surface area contributed by atoms with Gasteiger partial charge in [0.15, 0.2) is 11.6 Å². The molecule has 146 valence electrons. The average Bonchev–Trinajstić information content (AvgIpc) is 3.13. The minimum atomic E-state index is -0.303. The molecule has 0 radical (unpaired) electrons. The van der Waals surface area contributed by atoms with Crippen LogP contribution in [0.3, 0.4) is 0 Å². The van der Waals surface area contributed by atoms with Crippen molar-refractivity contribution in [3.05, 3.63) is 101 Å². The molecular formula is C24H17N3O3. The Morgan fingerprint density at radius 3 is 2.50 bits per heavy atom. The Bertz CT molecular complexity index is 1370. The molecule has 1 aliphatic carbocycles. The van der Waals surface area contributed by atoms with E-state index in [1.807, 2.05) is 29.7 Å². The van der Waals surface area contributed by atoms with E-state index in [1.54, 1.807) is 48.7 Å². The summed E-state index contributed by atoms with van der Waals surface area (Å²) in [6, 6.07) is 15.6. The summed E-state index contributed by atoms with van der Waals surface area (Å²) >= 11 is 0. The molecule has 2 aromatic carbocycles. The zero-order chi connectivity index (χ0) is 20.8. The molecular weight excluding hydrogens is 378 g/mol. The number of anilines is 1. The SMILES string of the molecule is Cc1ccn2cc(CC(=O)Nc3cccc4c3C(=O)c3ccccc3C4=O)nc2c1. The third-order valence-corrected chi connectivity index (χ3v) is 5.23. The number of hydrogen-bond donors (Lipinski definition) is 1. The van der Waals surface area contributed by atoms with Crippen LogP contribution >= 0.6 is 0 Å². The predicted octanol–water partition coefficient (Wildman–Crippen LogP) is 3.60. The van der Waals surface area contributed by atoms with Gasteiger partial charge in [0.05, 0.1) is 23.4 Å². The van der Waals surface area contributed by atoms with Crippen molar-refractivity contribution in [2.24, 2.45) is 0 Å². The van der Waals surface area contributed by atoms with E-state index in [0.717, 1.165) is 11.2 Å². The number of aryl methyl sites for hydroxylation is 1. The third-order valence-electron chi connectivity index (χ3n) is 5.23. The molecule has 0 aliphatic heterocycles. The lowest BCUT2D eigenvalue weighted by atomic mass is 9.83. The van der Waals surface area contributed by atoms with Crippen molar-refractivity contribution in [1.82, 2.24) is 9.38 Å². The highest BCUT2D eigenvalue weighted by atomic mass is 16.2. The number of pyridine rings is 1. The molecule has 0 fully saturated rings. The third kappa shape index (κ3) is 2.90. The van der Waals surface area contributed by atoms with E-state index < -0.39 is 0 Å². The van der Waals surface area contributed by atoms with Crippen molar-refractivity contribution >= 4 is 28.8 Å². The van der Waals surface area contributed by atoms with E-state index in [2.05, 4.69) is 10.3 Å². The lowest BCUT2D eigenvalue weighted by Gasteiger charge is -2.20. The zero-order valence-corrected chi connectivity index (χ0v) is 16.2. The molecule has 0 atom stereocenters. The number of rotatable bonds is 3. The van der Waals surface area contributed by atoms with Crippen molar-refractivity contribution in [3.63, 3.8) is 0 Å². The minimum absolute atomic E-state index is 0.0586. The fourth-order valence-electron chi connectivity index (χ4n) is 3.83. The zero-order valence-electron chi connectivity index (χ0n) is 16.2. The van der Waals surface area contributed by atoms with Gasteiger partial charge < -0.3 is 9.72 Å². The highest BCUT2D eigenvalue weighted by molar-refractivity contribution is 6.30. The number of carbonyl (C=O) groups excluding carboxylic acids is 3. The Morgan fingerprint density at radius 1 is 0.967 bits per heavy atom. The van der Waals surface area contributed by atoms with Gasteiger partial charge in [0.1, 0.15) is 5.65 Å². The predicted molar refractivity (Wildman–Crippen MR) is 112 cm³/mol. The molecule has 1 aliphatic rings. The molecule has 0 unspecified atom stereocenters. The first-order valence-electron chi connectivity index (χ1n) is 9.57. The summed E-state index contributed by atoms with van der Waals surface area (Å²) in [5.74, 6) is -0.783. The van der Waals surface area contributed by atoms with Crippen molar-refractivity contribution in [1.29, 1.82) is 0 Å². The van der Waals surface area contributed by atoms with Gasteiger partial charge in [0.25, 0.3) is 0 Å². The van der Waals surface area contributed by atoms with E-state index in [1.165, 1.54) is 0 Å². The lowest BCUT2D eigenvalue weighted by Crippen LogP contribution is -2.24. The van der Waals surface area contributed by atoms with Crippen LogP contribution in [0.15, 0.2) is 67.0 Å².